The minimum atomic E-state index is -1.07. The normalized spacial score (nSPS) is 9.79. The number of aliphatic carboxylic acids is 1. The number of hydrogen-bond donors (Lipinski definition) is 2. The number of carbonyl (C=O) groups is 2. The van der Waals surface area contributed by atoms with E-state index in [2.05, 4.69) is 27.8 Å². The predicted octanol–water partition coefficient (Wildman–Crippen LogP) is 2.86. The zero-order valence-electron chi connectivity index (χ0n) is 10.5. The number of anilines is 1. The molecule has 2 amide bonds. The van der Waals surface area contributed by atoms with Gasteiger partial charge in [0.15, 0.2) is 0 Å². The molecule has 0 aliphatic rings. The molecule has 1 aromatic carbocycles. The summed E-state index contributed by atoms with van der Waals surface area (Å²) < 4.78 is 0.775. The number of hydrogen-bond acceptors (Lipinski definition) is 2. The first kappa shape index (κ1) is 15.2. The van der Waals surface area contributed by atoms with E-state index in [-0.39, 0.29) is 13.1 Å². The lowest BCUT2D eigenvalue weighted by molar-refractivity contribution is -0.137. The molecule has 0 bridgehead atoms. The van der Waals surface area contributed by atoms with Gasteiger partial charge in [-0.25, -0.2) is 4.79 Å². The van der Waals surface area contributed by atoms with Crippen molar-refractivity contribution >= 4 is 33.6 Å². The molecule has 0 radical (unpaired) electrons. The molecule has 102 valence electrons. The van der Waals surface area contributed by atoms with Gasteiger partial charge >= 0.3 is 12.0 Å². The Morgan fingerprint density at radius 2 is 2.21 bits per heavy atom. The van der Waals surface area contributed by atoms with Crippen LogP contribution in [-0.4, -0.2) is 35.1 Å². The highest BCUT2D eigenvalue weighted by molar-refractivity contribution is 9.10. The molecular formula is C13H15BrN2O3. The lowest BCUT2D eigenvalue weighted by Gasteiger charge is -2.20. The van der Waals surface area contributed by atoms with Crippen molar-refractivity contribution in [1.82, 2.24) is 4.90 Å². The summed E-state index contributed by atoms with van der Waals surface area (Å²) >= 11 is 3.38. The molecule has 0 unspecified atom stereocenters. The minimum Gasteiger partial charge on any atom is -0.480 e. The van der Waals surface area contributed by atoms with Gasteiger partial charge in [-0.2, -0.15) is 0 Å². The highest BCUT2D eigenvalue weighted by atomic mass is 79.9. The van der Waals surface area contributed by atoms with E-state index in [9.17, 15) is 9.59 Å². The number of benzene rings is 1. The molecule has 6 heteroatoms. The van der Waals surface area contributed by atoms with Crippen LogP contribution in [0.2, 0.25) is 0 Å². The van der Waals surface area contributed by atoms with Crippen LogP contribution in [0.15, 0.2) is 35.3 Å². The number of carboxylic acid groups (broad SMARTS) is 1. The number of carboxylic acids is 1. The van der Waals surface area contributed by atoms with E-state index in [0.29, 0.717) is 5.69 Å². The summed E-state index contributed by atoms with van der Waals surface area (Å²) in [6, 6.07) is 4.97. The van der Waals surface area contributed by atoms with E-state index in [1.54, 1.807) is 6.07 Å². The van der Waals surface area contributed by atoms with E-state index in [0.717, 1.165) is 14.9 Å². The first-order valence-electron chi connectivity index (χ1n) is 5.59. The standard InChI is InChI=1S/C13H15BrN2O3/c1-3-7-16(8-11(17)18)13(19)15-10-6-4-5-9(2)12(10)14/h3-6H,1,7-8H2,2H3,(H,15,19)(H,17,18). The summed E-state index contributed by atoms with van der Waals surface area (Å²) in [5, 5.41) is 11.4. The Labute approximate surface area is 120 Å². The van der Waals surface area contributed by atoms with Crippen molar-refractivity contribution in [1.29, 1.82) is 0 Å². The van der Waals surface area contributed by atoms with Gasteiger partial charge in [0.1, 0.15) is 6.54 Å². The van der Waals surface area contributed by atoms with Gasteiger partial charge < -0.3 is 15.3 Å². The summed E-state index contributed by atoms with van der Waals surface area (Å²) in [7, 11) is 0. The maximum absolute atomic E-state index is 12.0. The monoisotopic (exact) mass is 326 g/mol. The quantitative estimate of drug-likeness (QED) is 0.817. The highest BCUT2D eigenvalue weighted by Gasteiger charge is 2.16. The van der Waals surface area contributed by atoms with Crippen molar-refractivity contribution in [2.75, 3.05) is 18.4 Å². The number of amides is 2. The van der Waals surface area contributed by atoms with Crippen LogP contribution in [0, 0.1) is 6.92 Å². The van der Waals surface area contributed by atoms with Crippen LogP contribution in [0.1, 0.15) is 5.56 Å². The first-order chi connectivity index (χ1) is 8.95. The SMILES string of the molecule is C=CCN(CC(=O)O)C(=O)Nc1cccc(C)c1Br. The summed E-state index contributed by atoms with van der Waals surface area (Å²) in [5.74, 6) is -1.07. The molecule has 0 aliphatic heterocycles. The van der Waals surface area contributed by atoms with E-state index in [1.165, 1.54) is 6.08 Å². The molecule has 0 heterocycles. The molecule has 5 nitrogen and oxygen atoms in total. The lowest BCUT2D eigenvalue weighted by Crippen LogP contribution is -2.38. The van der Waals surface area contributed by atoms with Crippen molar-refractivity contribution in [3.63, 3.8) is 0 Å². The van der Waals surface area contributed by atoms with Crippen molar-refractivity contribution in [2.24, 2.45) is 0 Å². The largest absolute Gasteiger partial charge is 0.480 e. The number of carbonyl (C=O) groups excluding carboxylic acids is 1. The Kier molecular flexibility index (Phi) is 5.57. The van der Waals surface area contributed by atoms with Gasteiger partial charge in [-0.05, 0) is 34.5 Å². The van der Waals surface area contributed by atoms with Crippen molar-refractivity contribution in [3.8, 4) is 0 Å². The van der Waals surface area contributed by atoms with Crippen LogP contribution in [-0.2, 0) is 4.79 Å². The fourth-order valence-corrected chi connectivity index (χ4v) is 1.84. The third-order valence-electron chi connectivity index (χ3n) is 2.40. The summed E-state index contributed by atoms with van der Waals surface area (Å²) in [4.78, 5) is 23.8. The van der Waals surface area contributed by atoms with Crippen molar-refractivity contribution in [3.05, 3.63) is 40.9 Å². The van der Waals surface area contributed by atoms with Crippen LogP contribution >= 0.6 is 15.9 Å². The van der Waals surface area contributed by atoms with Crippen LogP contribution in [0.25, 0.3) is 0 Å². The molecule has 0 atom stereocenters. The molecular weight excluding hydrogens is 312 g/mol. The molecule has 0 spiro atoms. The van der Waals surface area contributed by atoms with Gasteiger partial charge in [0.2, 0.25) is 0 Å². The predicted molar refractivity (Wildman–Crippen MR) is 77.3 cm³/mol. The second-order valence-electron chi connectivity index (χ2n) is 3.93. The fourth-order valence-electron chi connectivity index (χ4n) is 1.48. The van der Waals surface area contributed by atoms with Crippen LogP contribution in [0.3, 0.4) is 0 Å². The molecule has 0 fully saturated rings. The Morgan fingerprint density at radius 1 is 1.53 bits per heavy atom. The fraction of sp³-hybridized carbons (Fsp3) is 0.231. The number of aryl methyl sites for hydroxylation is 1. The molecule has 0 aliphatic carbocycles. The van der Waals surface area contributed by atoms with Gasteiger partial charge in [0.25, 0.3) is 0 Å². The van der Waals surface area contributed by atoms with Crippen molar-refractivity contribution < 1.29 is 14.7 Å². The second-order valence-corrected chi connectivity index (χ2v) is 4.72. The van der Waals surface area contributed by atoms with E-state index in [1.807, 2.05) is 19.1 Å². The lowest BCUT2D eigenvalue weighted by atomic mass is 10.2. The molecule has 1 aromatic rings. The third kappa shape index (κ3) is 4.40. The molecule has 19 heavy (non-hydrogen) atoms. The van der Waals surface area contributed by atoms with Crippen LogP contribution in [0.4, 0.5) is 10.5 Å². The smallest absolute Gasteiger partial charge is 0.323 e. The number of urea groups is 1. The Hall–Kier alpha value is -1.82. The summed E-state index contributed by atoms with van der Waals surface area (Å²) in [6.45, 7) is 5.20. The average molecular weight is 327 g/mol. The van der Waals surface area contributed by atoms with Gasteiger partial charge in [0.05, 0.1) is 5.69 Å². The molecule has 1 rings (SSSR count). The molecule has 0 aromatic heterocycles. The number of nitrogens with one attached hydrogen (secondary N) is 1. The number of nitrogens with zero attached hydrogens (tertiary/aromatic N) is 1. The summed E-state index contributed by atoms with van der Waals surface area (Å²) in [6.07, 6.45) is 1.48. The Morgan fingerprint density at radius 3 is 2.79 bits per heavy atom. The Balaban J connectivity index is 2.83. The van der Waals surface area contributed by atoms with E-state index in [4.69, 9.17) is 5.11 Å². The minimum absolute atomic E-state index is 0.168. The topological polar surface area (TPSA) is 69.6 Å². The first-order valence-corrected chi connectivity index (χ1v) is 6.38. The number of halogens is 1. The van der Waals surface area contributed by atoms with Gasteiger partial charge in [-0.3, -0.25) is 4.79 Å². The molecule has 0 saturated heterocycles. The molecule has 0 saturated carbocycles. The number of rotatable bonds is 5. The van der Waals surface area contributed by atoms with Crippen molar-refractivity contribution in [2.45, 2.75) is 6.92 Å². The molecule has 2 N–H and O–H groups in total. The van der Waals surface area contributed by atoms with Crippen LogP contribution < -0.4 is 5.32 Å². The third-order valence-corrected chi connectivity index (χ3v) is 3.45. The van der Waals surface area contributed by atoms with Gasteiger partial charge in [-0.1, -0.05) is 18.2 Å². The highest BCUT2D eigenvalue weighted by Crippen LogP contribution is 2.25. The zero-order chi connectivity index (χ0) is 14.4. The second kappa shape index (κ2) is 6.94. The average Bonchev–Trinajstić information content (AvgIpc) is 2.34. The maximum Gasteiger partial charge on any atom is 0.323 e. The Bertz CT molecular complexity index is 503. The summed E-state index contributed by atoms with van der Waals surface area (Å²) in [5.41, 5.74) is 1.58. The van der Waals surface area contributed by atoms with E-state index < -0.39 is 12.0 Å². The van der Waals surface area contributed by atoms with Crippen LogP contribution in [0.5, 0.6) is 0 Å². The van der Waals surface area contributed by atoms with E-state index >= 15 is 0 Å². The van der Waals surface area contributed by atoms with Gasteiger partial charge in [-0.15, -0.1) is 6.58 Å². The maximum atomic E-state index is 12.0. The zero-order valence-corrected chi connectivity index (χ0v) is 12.1. The van der Waals surface area contributed by atoms with Gasteiger partial charge in [0, 0.05) is 11.0 Å².